The van der Waals surface area contributed by atoms with Crippen molar-refractivity contribution in [2.45, 2.75) is 19.8 Å². The summed E-state index contributed by atoms with van der Waals surface area (Å²) in [5.74, 6) is -0.319. The van der Waals surface area contributed by atoms with E-state index in [0.717, 1.165) is 0 Å². The molecule has 1 rings (SSSR count). The molecule has 1 aromatic rings. The number of hydrogen-bond acceptors (Lipinski definition) is 4. The largest absolute Gasteiger partial charge is 0.466 e. The van der Waals surface area contributed by atoms with Gasteiger partial charge in [0.05, 0.1) is 6.61 Å². The lowest BCUT2D eigenvalue weighted by Crippen LogP contribution is -2.16. The molecule has 0 fully saturated rings. The van der Waals surface area contributed by atoms with Crippen molar-refractivity contribution in [3.05, 3.63) is 28.2 Å². The number of nitrogens with two attached hydrogens (primary N) is 1. The average molecular weight is 210 g/mol. The third kappa shape index (κ3) is 3.12. The Morgan fingerprint density at radius 2 is 2.33 bits per heavy atom. The Bertz CT molecular complexity index is 398. The molecule has 82 valence electrons. The number of aromatic amines is 1. The second-order valence-electron chi connectivity index (χ2n) is 3.05. The van der Waals surface area contributed by atoms with Gasteiger partial charge < -0.3 is 15.5 Å². The summed E-state index contributed by atoms with van der Waals surface area (Å²) in [5, 5.41) is 0. The van der Waals surface area contributed by atoms with Crippen LogP contribution in [0, 0.1) is 0 Å². The maximum Gasteiger partial charge on any atom is 0.306 e. The normalized spacial score (nSPS) is 9.93. The Balaban J connectivity index is 2.65. The van der Waals surface area contributed by atoms with E-state index in [1.807, 2.05) is 0 Å². The molecule has 0 amide bonds. The number of carbonyl (C=O) groups excluding carboxylic acids is 1. The van der Waals surface area contributed by atoms with Crippen LogP contribution in [0.25, 0.3) is 0 Å². The number of anilines is 1. The Morgan fingerprint density at radius 3 is 2.93 bits per heavy atom. The van der Waals surface area contributed by atoms with Crippen LogP contribution < -0.4 is 11.3 Å². The Morgan fingerprint density at radius 1 is 1.60 bits per heavy atom. The number of hydrogen-bond donors (Lipinski definition) is 2. The molecule has 0 bridgehead atoms. The van der Waals surface area contributed by atoms with Gasteiger partial charge >= 0.3 is 5.97 Å². The molecule has 0 aliphatic carbocycles. The summed E-state index contributed by atoms with van der Waals surface area (Å²) in [4.78, 5) is 24.9. The first-order chi connectivity index (χ1) is 7.15. The predicted octanol–water partition coefficient (Wildman–Crippen LogP) is 0.453. The molecule has 1 aromatic heterocycles. The van der Waals surface area contributed by atoms with E-state index in [9.17, 15) is 9.59 Å². The van der Waals surface area contributed by atoms with E-state index >= 15 is 0 Å². The van der Waals surface area contributed by atoms with E-state index in [4.69, 9.17) is 10.5 Å². The molecular formula is C10H14N2O3. The third-order valence-corrected chi connectivity index (χ3v) is 1.98. The summed E-state index contributed by atoms with van der Waals surface area (Å²) in [5.41, 5.74) is 6.20. The van der Waals surface area contributed by atoms with Crippen molar-refractivity contribution in [3.8, 4) is 0 Å². The van der Waals surface area contributed by atoms with E-state index in [1.54, 1.807) is 13.0 Å². The van der Waals surface area contributed by atoms with Crippen LogP contribution >= 0.6 is 0 Å². The van der Waals surface area contributed by atoms with Gasteiger partial charge in [0.25, 0.3) is 5.56 Å². The van der Waals surface area contributed by atoms with Crippen LogP contribution in [-0.4, -0.2) is 17.6 Å². The Kier molecular flexibility index (Phi) is 3.91. The summed E-state index contributed by atoms with van der Waals surface area (Å²) >= 11 is 0. The van der Waals surface area contributed by atoms with Crippen molar-refractivity contribution in [3.63, 3.8) is 0 Å². The molecule has 0 atom stereocenters. The highest BCUT2D eigenvalue weighted by Gasteiger charge is 2.08. The maximum absolute atomic E-state index is 11.3. The molecule has 0 radical (unpaired) electrons. The van der Waals surface area contributed by atoms with Gasteiger partial charge in [-0.2, -0.15) is 0 Å². The first kappa shape index (κ1) is 11.3. The summed E-state index contributed by atoms with van der Waals surface area (Å²) in [6.45, 7) is 2.08. The van der Waals surface area contributed by atoms with Crippen molar-refractivity contribution in [2.24, 2.45) is 0 Å². The first-order valence-electron chi connectivity index (χ1n) is 4.76. The molecule has 0 aliphatic heterocycles. The van der Waals surface area contributed by atoms with Gasteiger partial charge in [-0.15, -0.1) is 0 Å². The number of nitrogens with one attached hydrogen (secondary N) is 1. The van der Waals surface area contributed by atoms with Gasteiger partial charge in [0.1, 0.15) is 0 Å². The quantitative estimate of drug-likeness (QED) is 0.707. The van der Waals surface area contributed by atoms with Crippen LogP contribution in [0.1, 0.15) is 18.9 Å². The molecule has 0 aliphatic rings. The second kappa shape index (κ2) is 5.19. The minimum Gasteiger partial charge on any atom is -0.466 e. The zero-order chi connectivity index (χ0) is 11.3. The molecule has 5 heteroatoms. The van der Waals surface area contributed by atoms with Gasteiger partial charge in [-0.05, 0) is 19.4 Å². The van der Waals surface area contributed by atoms with E-state index in [2.05, 4.69) is 4.98 Å². The fraction of sp³-hybridized carbons (Fsp3) is 0.400. The van der Waals surface area contributed by atoms with Crippen LogP contribution in [0.5, 0.6) is 0 Å². The van der Waals surface area contributed by atoms with Gasteiger partial charge in [0.15, 0.2) is 0 Å². The predicted molar refractivity (Wildman–Crippen MR) is 56.4 cm³/mol. The van der Waals surface area contributed by atoms with Crippen molar-refractivity contribution in [1.82, 2.24) is 4.98 Å². The van der Waals surface area contributed by atoms with Crippen molar-refractivity contribution < 1.29 is 9.53 Å². The lowest BCUT2D eigenvalue weighted by atomic mass is 10.1. The standard InChI is InChI=1S/C10H14N2O3/c1-2-15-9(13)4-3-7-8(11)5-6-12-10(7)14/h5-6H,2-4H2,1H3,(H3,11,12,14). The van der Waals surface area contributed by atoms with E-state index in [-0.39, 0.29) is 17.9 Å². The van der Waals surface area contributed by atoms with Gasteiger partial charge in [-0.1, -0.05) is 0 Å². The summed E-state index contributed by atoms with van der Waals surface area (Å²) < 4.78 is 4.75. The van der Waals surface area contributed by atoms with Gasteiger partial charge in [0, 0.05) is 23.9 Å². The highest BCUT2D eigenvalue weighted by atomic mass is 16.5. The fourth-order valence-electron chi connectivity index (χ4n) is 1.24. The number of carbonyl (C=O) groups is 1. The van der Waals surface area contributed by atoms with E-state index < -0.39 is 0 Å². The van der Waals surface area contributed by atoms with E-state index in [1.165, 1.54) is 6.20 Å². The van der Waals surface area contributed by atoms with E-state index in [0.29, 0.717) is 24.3 Å². The number of pyridine rings is 1. The number of ether oxygens (including phenoxy) is 1. The number of aromatic nitrogens is 1. The van der Waals surface area contributed by atoms with Crippen molar-refractivity contribution in [1.29, 1.82) is 0 Å². The lowest BCUT2D eigenvalue weighted by Gasteiger charge is -2.03. The van der Waals surface area contributed by atoms with Crippen molar-refractivity contribution in [2.75, 3.05) is 12.3 Å². The fourth-order valence-corrected chi connectivity index (χ4v) is 1.24. The highest BCUT2D eigenvalue weighted by Crippen LogP contribution is 2.07. The first-order valence-corrected chi connectivity index (χ1v) is 4.76. The van der Waals surface area contributed by atoms with Crippen LogP contribution in [0.3, 0.4) is 0 Å². The lowest BCUT2D eigenvalue weighted by molar-refractivity contribution is -0.143. The molecule has 0 saturated heterocycles. The Labute approximate surface area is 87.3 Å². The monoisotopic (exact) mass is 210 g/mol. The smallest absolute Gasteiger partial charge is 0.306 e. The molecule has 5 nitrogen and oxygen atoms in total. The Hall–Kier alpha value is -1.78. The number of rotatable bonds is 4. The molecule has 15 heavy (non-hydrogen) atoms. The summed E-state index contributed by atoms with van der Waals surface area (Å²) in [7, 11) is 0. The zero-order valence-corrected chi connectivity index (χ0v) is 8.58. The topological polar surface area (TPSA) is 85.2 Å². The zero-order valence-electron chi connectivity index (χ0n) is 8.58. The van der Waals surface area contributed by atoms with Crippen LogP contribution in [0.15, 0.2) is 17.1 Å². The second-order valence-corrected chi connectivity index (χ2v) is 3.05. The van der Waals surface area contributed by atoms with Crippen molar-refractivity contribution >= 4 is 11.7 Å². The molecule has 1 heterocycles. The molecule has 0 spiro atoms. The number of esters is 1. The average Bonchev–Trinajstić information content (AvgIpc) is 2.17. The number of H-pyrrole nitrogens is 1. The minimum atomic E-state index is -0.319. The molecule has 0 aromatic carbocycles. The minimum absolute atomic E-state index is 0.172. The van der Waals surface area contributed by atoms with Gasteiger partial charge in [-0.25, -0.2) is 0 Å². The van der Waals surface area contributed by atoms with Crippen LogP contribution in [0.2, 0.25) is 0 Å². The molecule has 0 saturated carbocycles. The van der Waals surface area contributed by atoms with Gasteiger partial charge in [0.2, 0.25) is 0 Å². The third-order valence-electron chi connectivity index (χ3n) is 1.98. The van der Waals surface area contributed by atoms with Gasteiger partial charge in [-0.3, -0.25) is 9.59 Å². The number of nitrogen functional groups attached to an aromatic ring is 1. The molecular weight excluding hydrogens is 196 g/mol. The SMILES string of the molecule is CCOC(=O)CCc1c(N)cc[nH]c1=O. The summed E-state index contributed by atoms with van der Waals surface area (Å²) in [6, 6.07) is 1.60. The molecule has 3 N–H and O–H groups in total. The highest BCUT2D eigenvalue weighted by molar-refractivity contribution is 5.70. The van der Waals surface area contributed by atoms with Crippen LogP contribution in [0.4, 0.5) is 5.69 Å². The van der Waals surface area contributed by atoms with Crippen LogP contribution in [-0.2, 0) is 16.0 Å². The molecule has 0 unspecified atom stereocenters. The maximum atomic E-state index is 11.3. The summed E-state index contributed by atoms with van der Waals surface area (Å²) in [6.07, 6.45) is 1.96.